The van der Waals surface area contributed by atoms with Gasteiger partial charge >= 0.3 is 0 Å². The first-order valence-electron chi connectivity index (χ1n) is 8.62. The van der Waals surface area contributed by atoms with Gasteiger partial charge in [-0.1, -0.05) is 24.3 Å². The van der Waals surface area contributed by atoms with E-state index in [-0.39, 0.29) is 5.91 Å². The predicted molar refractivity (Wildman–Crippen MR) is 107 cm³/mol. The number of rotatable bonds is 6. The maximum absolute atomic E-state index is 12.6. The van der Waals surface area contributed by atoms with Gasteiger partial charge in [0.2, 0.25) is 0 Å². The van der Waals surface area contributed by atoms with Gasteiger partial charge in [-0.2, -0.15) is 0 Å². The number of carbonyl (C=O) groups excluding carboxylic acids is 1. The second-order valence-electron chi connectivity index (χ2n) is 5.99. The minimum absolute atomic E-state index is 0.0984. The Bertz CT molecular complexity index is 1030. The van der Waals surface area contributed by atoms with Gasteiger partial charge in [-0.05, 0) is 36.4 Å². The first kappa shape index (κ1) is 17.3. The molecule has 0 spiro atoms. The quantitative estimate of drug-likeness (QED) is 0.519. The molecular weight excluding hydrogens is 356 g/mol. The molecule has 0 bridgehead atoms. The molecule has 134 valence electrons. The van der Waals surface area contributed by atoms with E-state index in [1.165, 1.54) is 0 Å². The molecule has 0 aliphatic carbocycles. The van der Waals surface area contributed by atoms with E-state index >= 15 is 0 Å². The highest BCUT2D eigenvalue weighted by Crippen LogP contribution is 2.26. The highest BCUT2D eigenvalue weighted by molar-refractivity contribution is 7.98. The van der Waals surface area contributed by atoms with Crippen LogP contribution in [0.5, 0.6) is 0 Å². The van der Waals surface area contributed by atoms with E-state index in [1.54, 1.807) is 18.0 Å². The molecule has 6 heteroatoms. The van der Waals surface area contributed by atoms with Crippen LogP contribution >= 0.6 is 11.8 Å². The van der Waals surface area contributed by atoms with Crippen molar-refractivity contribution in [3.63, 3.8) is 0 Å². The van der Waals surface area contributed by atoms with Gasteiger partial charge in [0, 0.05) is 29.2 Å². The second-order valence-corrected chi connectivity index (χ2v) is 7.00. The summed E-state index contributed by atoms with van der Waals surface area (Å²) in [5.74, 6) is 0.602. The molecule has 0 fully saturated rings. The summed E-state index contributed by atoms with van der Waals surface area (Å²) in [5, 5.41) is 2.94. The number of thioether (sulfide) groups is 1. The average molecular weight is 374 g/mol. The molecule has 0 saturated carbocycles. The van der Waals surface area contributed by atoms with Crippen molar-refractivity contribution in [2.75, 3.05) is 0 Å². The molecule has 0 saturated heterocycles. The molecule has 1 N–H and O–H groups in total. The number of aromatic nitrogens is 3. The Hall–Kier alpha value is -3.12. The average Bonchev–Trinajstić information content (AvgIpc) is 3.14. The molecule has 0 atom stereocenters. The molecule has 0 unspecified atom stereocenters. The SMILES string of the molecule is O=C(NCc1ccccn1)c1ccccc1SCc1cn2ccccc2n1. The lowest BCUT2D eigenvalue weighted by Gasteiger charge is -2.09. The van der Waals surface area contributed by atoms with Crippen LogP contribution in [-0.4, -0.2) is 20.3 Å². The lowest BCUT2D eigenvalue weighted by atomic mass is 10.2. The molecule has 27 heavy (non-hydrogen) atoms. The fourth-order valence-electron chi connectivity index (χ4n) is 2.76. The smallest absolute Gasteiger partial charge is 0.252 e. The van der Waals surface area contributed by atoms with Crippen molar-refractivity contribution in [2.24, 2.45) is 0 Å². The van der Waals surface area contributed by atoms with E-state index in [2.05, 4.69) is 15.3 Å². The summed E-state index contributed by atoms with van der Waals surface area (Å²) >= 11 is 1.61. The lowest BCUT2D eigenvalue weighted by molar-refractivity contribution is 0.0947. The van der Waals surface area contributed by atoms with Crippen molar-refractivity contribution in [1.82, 2.24) is 19.7 Å². The molecule has 3 aromatic heterocycles. The second kappa shape index (κ2) is 8.05. The predicted octanol–water partition coefficient (Wildman–Crippen LogP) is 3.95. The summed E-state index contributed by atoms with van der Waals surface area (Å²) in [7, 11) is 0. The normalized spacial score (nSPS) is 10.8. The standard InChI is InChI=1S/C21H18N4OS/c26-21(23-13-16-7-3-5-11-22-16)18-8-1-2-9-19(18)27-15-17-14-25-12-6-4-10-20(25)24-17/h1-12,14H,13,15H2,(H,23,26). The molecule has 0 aliphatic heterocycles. The first-order chi connectivity index (χ1) is 13.3. The fraction of sp³-hybridized carbons (Fsp3) is 0.0952. The highest BCUT2D eigenvalue weighted by atomic mass is 32.2. The number of benzene rings is 1. The van der Waals surface area contributed by atoms with Crippen LogP contribution in [0.2, 0.25) is 0 Å². The monoisotopic (exact) mass is 374 g/mol. The summed E-state index contributed by atoms with van der Waals surface area (Å²) < 4.78 is 2.00. The molecule has 1 aromatic carbocycles. The maximum atomic E-state index is 12.6. The van der Waals surface area contributed by atoms with Crippen LogP contribution < -0.4 is 5.32 Å². The zero-order valence-electron chi connectivity index (χ0n) is 14.6. The number of imidazole rings is 1. The first-order valence-corrected chi connectivity index (χ1v) is 9.61. The van der Waals surface area contributed by atoms with Crippen LogP contribution in [0, 0.1) is 0 Å². The molecule has 1 amide bonds. The molecule has 4 rings (SSSR count). The van der Waals surface area contributed by atoms with Crippen LogP contribution in [0.15, 0.2) is 84.1 Å². The topological polar surface area (TPSA) is 59.3 Å². The van der Waals surface area contributed by atoms with Crippen molar-refractivity contribution in [3.8, 4) is 0 Å². The van der Waals surface area contributed by atoms with Crippen LogP contribution in [0.25, 0.3) is 5.65 Å². The van der Waals surface area contributed by atoms with Crippen molar-refractivity contribution >= 4 is 23.3 Å². The summed E-state index contributed by atoms with van der Waals surface area (Å²) in [5.41, 5.74) is 3.41. The summed E-state index contributed by atoms with van der Waals surface area (Å²) in [6.07, 6.45) is 5.72. The lowest BCUT2D eigenvalue weighted by Crippen LogP contribution is -2.23. The Morgan fingerprint density at radius 1 is 1.00 bits per heavy atom. The highest BCUT2D eigenvalue weighted by Gasteiger charge is 2.12. The molecule has 4 aromatic rings. The molecule has 3 heterocycles. The Kier molecular flexibility index (Phi) is 5.16. The van der Waals surface area contributed by atoms with Gasteiger partial charge in [0.15, 0.2) is 0 Å². The number of amides is 1. The third kappa shape index (κ3) is 4.17. The Labute approximate surface area is 161 Å². The zero-order chi connectivity index (χ0) is 18.5. The van der Waals surface area contributed by atoms with Crippen LogP contribution in [0.1, 0.15) is 21.7 Å². The number of nitrogens with zero attached hydrogens (tertiary/aromatic N) is 3. The van der Waals surface area contributed by atoms with E-state index in [0.29, 0.717) is 17.9 Å². The number of nitrogens with one attached hydrogen (secondary N) is 1. The van der Waals surface area contributed by atoms with Crippen molar-refractivity contribution in [3.05, 3.63) is 96.2 Å². The molecule has 0 aliphatic rings. The van der Waals surface area contributed by atoms with E-state index in [9.17, 15) is 4.79 Å². The number of fused-ring (bicyclic) bond motifs is 1. The number of hydrogen-bond acceptors (Lipinski definition) is 4. The van der Waals surface area contributed by atoms with Crippen LogP contribution in [0.3, 0.4) is 0 Å². The Morgan fingerprint density at radius 3 is 2.70 bits per heavy atom. The summed E-state index contributed by atoms with van der Waals surface area (Å²) in [6, 6.07) is 19.2. The van der Waals surface area contributed by atoms with Gasteiger partial charge in [0.05, 0.1) is 23.5 Å². The Balaban J connectivity index is 1.44. The summed E-state index contributed by atoms with van der Waals surface area (Å²) in [6.45, 7) is 0.408. The minimum atomic E-state index is -0.0984. The van der Waals surface area contributed by atoms with Crippen LogP contribution in [0.4, 0.5) is 0 Å². The van der Waals surface area contributed by atoms with Gasteiger partial charge in [-0.3, -0.25) is 9.78 Å². The van der Waals surface area contributed by atoms with E-state index in [4.69, 9.17) is 0 Å². The van der Waals surface area contributed by atoms with E-state index < -0.39 is 0 Å². The van der Waals surface area contributed by atoms with Gasteiger partial charge in [0.1, 0.15) is 5.65 Å². The van der Waals surface area contributed by atoms with Crippen LogP contribution in [-0.2, 0) is 12.3 Å². The van der Waals surface area contributed by atoms with Gasteiger partial charge in [-0.15, -0.1) is 11.8 Å². The van der Waals surface area contributed by atoms with Gasteiger partial charge in [0.25, 0.3) is 5.91 Å². The van der Waals surface area contributed by atoms with E-state index in [1.807, 2.05) is 77.5 Å². The number of carbonyl (C=O) groups is 1. The molecular formula is C21H18N4OS. The fourth-order valence-corrected chi connectivity index (χ4v) is 3.69. The maximum Gasteiger partial charge on any atom is 0.252 e. The largest absolute Gasteiger partial charge is 0.346 e. The number of hydrogen-bond donors (Lipinski definition) is 1. The summed E-state index contributed by atoms with van der Waals surface area (Å²) in [4.78, 5) is 22.4. The molecule has 0 radical (unpaired) electrons. The van der Waals surface area contributed by atoms with Gasteiger partial charge in [-0.25, -0.2) is 4.98 Å². The Morgan fingerprint density at radius 2 is 1.85 bits per heavy atom. The van der Waals surface area contributed by atoms with E-state index in [0.717, 1.165) is 21.9 Å². The number of pyridine rings is 2. The third-order valence-electron chi connectivity index (χ3n) is 4.08. The van der Waals surface area contributed by atoms with Crippen molar-refractivity contribution in [2.45, 2.75) is 17.2 Å². The zero-order valence-corrected chi connectivity index (χ0v) is 15.4. The minimum Gasteiger partial charge on any atom is -0.346 e. The van der Waals surface area contributed by atoms with Gasteiger partial charge < -0.3 is 9.72 Å². The third-order valence-corrected chi connectivity index (χ3v) is 5.18. The molecule has 5 nitrogen and oxygen atoms in total. The van der Waals surface area contributed by atoms with Crippen molar-refractivity contribution < 1.29 is 4.79 Å². The van der Waals surface area contributed by atoms with Crippen molar-refractivity contribution in [1.29, 1.82) is 0 Å².